The van der Waals surface area contributed by atoms with Crippen LogP contribution in [0.4, 0.5) is 43.4 Å². The van der Waals surface area contributed by atoms with Crippen molar-refractivity contribution in [2.45, 2.75) is 95.0 Å². The van der Waals surface area contributed by atoms with E-state index in [9.17, 15) is 60.0 Å². The molecule has 7 heterocycles. The van der Waals surface area contributed by atoms with Crippen LogP contribution in [0.3, 0.4) is 0 Å². The molecule has 4 aliphatic rings. The zero-order valence-corrected chi connectivity index (χ0v) is 77.7. The van der Waals surface area contributed by atoms with Crippen LogP contribution >= 0.6 is 104 Å². The van der Waals surface area contributed by atoms with Gasteiger partial charge in [-0.25, -0.2) is 39.9 Å². The van der Waals surface area contributed by atoms with Gasteiger partial charge < -0.3 is 23.8 Å². The van der Waals surface area contributed by atoms with E-state index in [1.807, 2.05) is 85.9 Å². The molecule has 3 unspecified atom stereocenters. The molecular formula is C74H80Cl9F6N15O14S6. The van der Waals surface area contributed by atoms with E-state index in [0.717, 1.165) is 63.4 Å². The van der Waals surface area contributed by atoms with Crippen LogP contribution in [0.1, 0.15) is 90.2 Å². The van der Waals surface area contributed by atoms with Gasteiger partial charge in [0.25, 0.3) is 21.9 Å². The van der Waals surface area contributed by atoms with Crippen molar-refractivity contribution >= 4 is 183 Å². The van der Waals surface area contributed by atoms with Crippen molar-refractivity contribution in [1.29, 1.82) is 0 Å². The van der Waals surface area contributed by atoms with Crippen molar-refractivity contribution in [3.63, 3.8) is 0 Å². The van der Waals surface area contributed by atoms with Gasteiger partial charge in [-0.15, -0.1) is 7.94 Å². The molecule has 14 rings (SSSR count). The number of rotatable bonds is 15. The molecule has 0 spiro atoms. The first-order valence-electron chi connectivity index (χ1n) is 36.8. The van der Waals surface area contributed by atoms with Crippen LogP contribution in [0.5, 0.6) is 0 Å². The molecule has 50 heteroatoms. The fourth-order valence-electron chi connectivity index (χ4n) is 13.5. The van der Waals surface area contributed by atoms with E-state index in [4.69, 9.17) is 130 Å². The maximum atomic E-state index is 13.4. The summed E-state index contributed by atoms with van der Waals surface area (Å²) in [5.74, 6) is 2.12. The lowest BCUT2D eigenvalue weighted by molar-refractivity contribution is -0.676. The lowest BCUT2D eigenvalue weighted by atomic mass is 9.96. The smallest absolute Gasteiger partial charge is 0.485 e. The van der Waals surface area contributed by atoms with Crippen molar-refractivity contribution in [3.05, 3.63) is 262 Å². The normalized spacial score (nSPS) is 17.5. The third-order valence-electron chi connectivity index (χ3n) is 20.0. The van der Waals surface area contributed by atoms with Crippen molar-refractivity contribution in [3.8, 4) is 0 Å². The quantitative estimate of drug-likeness (QED) is 0.0431. The van der Waals surface area contributed by atoms with Crippen LogP contribution in [0.2, 0.25) is 45.2 Å². The number of nitrogens with one attached hydrogen (secondary N) is 1. The third-order valence-corrected chi connectivity index (χ3v) is 30.6. The summed E-state index contributed by atoms with van der Waals surface area (Å²) >= 11 is 56.0. The van der Waals surface area contributed by atoms with Gasteiger partial charge in [-0.3, -0.25) is 0 Å². The highest BCUT2D eigenvalue weighted by molar-refractivity contribution is 7.89. The molecule has 0 bridgehead atoms. The summed E-state index contributed by atoms with van der Waals surface area (Å²) in [4.78, 5) is 14.3. The average molecular weight is 2030 g/mol. The van der Waals surface area contributed by atoms with Crippen LogP contribution in [0.25, 0.3) is 0 Å². The minimum Gasteiger partial charge on any atom is -0.741 e. The number of hydrogen-bond donors (Lipinski definition) is 1. The molecule has 6 aromatic carbocycles. The van der Waals surface area contributed by atoms with Crippen LogP contribution in [0, 0.1) is 27.7 Å². The first-order chi connectivity index (χ1) is 57.7. The number of alkyl halides is 6. The molecule has 3 saturated heterocycles. The summed E-state index contributed by atoms with van der Waals surface area (Å²) < 4.78 is 238. The molecule has 0 radical (unpaired) electrons. The third kappa shape index (κ3) is 25.2. The Morgan fingerprint density at radius 1 is 0.387 bits per heavy atom. The lowest BCUT2D eigenvalue weighted by Crippen LogP contribution is -2.55. The molecule has 10 aromatic rings. The standard InChI is InChI=1S/C22H26Cl3N3O2S.C21H22Cl3N4O2S.C20H19Cl3N4O2S.C9H13N4O2S.2CHF3O3S/c23-17-8-6-16(7-9-17)22-15-27(31(29,30)26-19-4-2-1-3-5-19)12-13-28(22)21-11-10-18(24)14-20(21)25;1-15-25(2)9-12-28(15)31(29,30)26-10-11-27(20-8-7-18(23)13-19(20)24)21(14-26)16-3-5-17(22)6-4-16;1-14-24-8-9-27(14)30(28,29)25-10-11-26(19-7-6-17(22)12-18(19)23)20(13-25)15-2-4-16(21)5-3-15;1-8-10-4-5-12(8)16(14,15)13-7-6-11(3)9(13)2;2*2-1(3,4)8(5,6)7/h6-11,14,19,22,26H,1-5,12-13,15H2;3-9,12-13,21H,10-11,14H2,1-2H3;2-9,12,20H,10-11,13H2,1H3;4-7H,1-3H3;2*(H,5,6,7)/q;+1;;+1;;/p-2. The Morgan fingerprint density at radius 2 is 0.669 bits per heavy atom. The Hall–Kier alpha value is -6.79. The second kappa shape index (κ2) is 41.8. The number of hydrogen-bond acceptors (Lipinski definition) is 19. The van der Waals surface area contributed by atoms with Gasteiger partial charge in [0.2, 0.25) is 0 Å². The van der Waals surface area contributed by atoms with Gasteiger partial charge in [-0.1, -0.05) is 160 Å². The van der Waals surface area contributed by atoms with Gasteiger partial charge in [-0.2, -0.15) is 81.6 Å². The van der Waals surface area contributed by atoms with E-state index in [1.165, 1.54) is 57.9 Å². The predicted molar refractivity (Wildman–Crippen MR) is 462 cm³/mol. The number of aryl methyl sites for hydroxylation is 4. The minimum atomic E-state index is -6.09. The van der Waals surface area contributed by atoms with E-state index < -0.39 is 72.1 Å². The first-order valence-corrected chi connectivity index (χ1v) is 48.7. The topological polar surface area (TPSA) is 336 Å². The zero-order valence-electron chi connectivity index (χ0n) is 66.0. The van der Waals surface area contributed by atoms with Crippen molar-refractivity contribution < 1.29 is 95.1 Å². The summed E-state index contributed by atoms with van der Waals surface area (Å²) in [6.45, 7) is 10.1. The van der Waals surface area contributed by atoms with Crippen LogP contribution in [-0.2, 0) is 75.2 Å². The monoisotopic (exact) mass is 2020 g/mol. The number of anilines is 3. The molecule has 29 nitrogen and oxygen atoms in total. The SMILES string of the molecule is Cc1n(S(=O)(=O)N2CCN(c3ccc(Cl)cc3Cl)C(c3ccc(Cl)cc3)C2)cc[n+]1C.Cc1nccn1S(=O)(=O)N1CCN(c2ccc(Cl)cc2Cl)C(c2ccc(Cl)cc2)C1.Cc1nccn1S(=O)(=O)n1cc[n+](C)c1C.O=S(=O)(NC1CCCCC1)N1CCN(c2ccc(Cl)cc2Cl)C(c2ccc(Cl)cc2)C1.O=S(=O)([O-])C(F)(F)F.O=S(=O)([O-])C(F)(F)F. The Balaban J connectivity index is 0.000000180. The number of aromatic nitrogens is 8. The Morgan fingerprint density at radius 3 is 0.952 bits per heavy atom. The molecule has 4 fully saturated rings. The van der Waals surface area contributed by atoms with Gasteiger partial charge >= 0.3 is 41.6 Å². The maximum absolute atomic E-state index is 13.4. The summed E-state index contributed by atoms with van der Waals surface area (Å²) in [6, 6.07) is 37.8. The average Bonchev–Trinajstić information content (AvgIpc) is 1.12. The van der Waals surface area contributed by atoms with Crippen molar-refractivity contribution in [2.75, 3.05) is 73.6 Å². The molecule has 1 N–H and O–H groups in total. The summed E-state index contributed by atoms with van der Waals surface area (Å²) in [6.07, 6.45) is 17.5. The first kappa shape index (κ1) is 101. The second-order valence-electron chi connectivity index (χ2n) is 28.0. The highest BCUT2D eigenvalue weighted by Crippen LogP contribution is 2.42. The Labute approximate surface area is 759 Å². The van der Waals surface area contributed by atoms with Crippen LogP contribution in [0.15, 0.2) is 177 Å². The molecule has 3 aliphatic heterocycles. The van der Waals surface area contributed by atoms with Gasteiger partial charge in [0.05, 0.1) is 64.4 Å². The van der Waals surface area contributed by atoms with E-state index >= 15 is 0 Å². The summed E-state index contributed by atoms with van der Waals surface area (Å²) in [5, 5.41) is 5.12. The van der Waals surface area contributed by atoms with E-state index in [1.54, 1.807) is 115 Å². The lowest BCUT2D eigenvalue weighted by Gasteiger charge is -2.43. The Bertz CT molecular complexity index is 6090. The predicted octanol–water partition coefficient (Wildman–Crippen LogP) is 14.6. The number of benzene rings is 6. The highest BCUT2D eigenvalue weighted by atomic mass is 35.5. The van der Waals surface area contributed by atoms with Gasteiger partial charge in [0.15, 0.2) is 20.2 Å². The molecule has 124 heavy (non-hydrogen) atoms. The number of imidazole rings is 4. The van der Waals surface area contributed by atoms with Crippen molar-refractivity contribution in [1.82, 2.24) is 43.5 Å². The minimum absolute atomic E-state index is 0.0245. The fourth-order valence-corrected chi connectivity index (χ4v) is 21.3. The van der Waals surface area contributed by atoms with Crippen LogP contribution in [-0.4, -0.2) is 174 Å². The molecule has 4 aromatic heterocycles. The number of nitrogens with zero attached hydrogens (tertiary/aromatic N) is 14. The number of piperazine rings is 3. The van der Waals surface area contributed by atoms with Gasteiger partial charge in [0, 0.05) is 134 Å². The highest BCUT2D eigenvalue weighted by Gasteiger charge is 2.43. The van der Waals surface area contributed by atoms with E-state index in [0.29, 0.717) is 114 Å². The molecule has 3 atom stereocenters. The Kier molecular flexibility index (Phi) is 34.0. The van der Waals surface area contributed by atoms with Crippen LogP contribution < -0.4 is 28.6 Å². The second-order valence-corrected chi connectivity index (χ2v) is 41.5. The molecule has 1 aliphatic carbocycles. The maximum Gasteiger partial charge on any atom is 0.485 e. The molecule has 676 valence electrons. The van der Waals surface area contributed by atoms with Gasteiger partial charge in [0.1, 0.15) is 36.4 Å². The summed E-state index contributed by atoms with van der Waals surface area (Å²) in [5.41, 5.74) is -5.97. The molecule has 1 saturated carbocycles. The van der Waals surface area contributed by atoms with E-state index in [2.05, 4.69) is 29.4 Å². The molecule has 0 amide bonds. The van der Waals surface area contributed by atoms with Gasteiger partial charge in [-0.05, 0) is 134 Å². The zero-order chi connectivity index (χ0) is 91.7. The largest absolute Gasteiger partial charge is 0.741 e. The number of halogens is 15. The van der Waals surface area contributed by atoms with Crippen molar-refractivity contribution in [2.24, 2.45) is 14.1 Å². The fraction of sp³-hybridized carbons (Fsp3) is 0.351. The molecular weight excluding hydrogens is 1950 g/mol. The van der Waals surface area contributed by atoms with E-state index in [-0.39, 0.29) is 37.3 Å². The summed E-state index contributed by atoms with van der Waals surface area (Å²) in [7, 11) is -23.2.